The molecule has 7 aromatic rings. The molecular formula is C46H38N4S. The summed E-state index contributed by atoms with van der Waals surface area (Å²) in [6, 6.07) is 57.1. The maximum absolute atomic E-state index is 4.84. The van der Waals surface area contributed by atoms with Gasteiger partial charge in [-0.15, -0.1) is 0 Å². The van der Waals surface area contributed by atoms with E-state index in [0.29, 0.717) is 0 Å². The van der Waals surface area contributed by atoms with E-state index in [4.69, 9.17) is 4.98 Å². The van der Waals surface area contributed by atoms with Gasteiger partial charge in [-0.2, -0.15) is 0 Å². The summed E-state index contributed by atoms with van der Waals surface area (Å²) in [7, 11) is 0. The Bertz CT molecular complexity index is 2380. The van der Waals surface area contributed by atoms with Crippen molar-refractivity contribution in [2.24, 2.45) is 0 Å². The lowest BCUT2D eigenvalue weighted by atomic mass is 9.87. The van der Waals surface area contributed by atoms with Crippen LogP contribution in [0.3, 0.4) is 0 Å². The Kier molecular flexibility index (Phi) is 7.66. The fraction of sp³-hybridized carbons (Fsp3) is 0.109. The van der Waals surface area contributed by atoms with Crippen LogP contribution < -0.4 is 14.7 Å². The van der Waals surface area contributed by atoms with Gasteiger partial charge < -0.3 is 9.80 Å². The smallest absolute Gasteiger partial charge is 0.137 e. The maximum Gasteiger partial charge on any atom is 0.137 e. The van der Waals surface area contributed by atoms with Crippen molar-refractivity contribution < 1.29 is 0 Å². The standard InChI is InChI=1S/C46H38N4S/c1-46(2,3)32-22-24-33(25-23-32)48-31-49(43-20-9-8-19-42(43)48)34-13-12-14-35(29-34)51-36-26-27-40-38-16-5-4-15-37(38)39-17-6-7-18-41(39)50(44(40)30-36)45-21-10-11-28-47-45/h4-30H,31H2,1-3H3. The Morgan fingerprint density at radius 2 is 1.10 bits per heavy atom. The topological polar surface area (TPSA) is 22.6 Å². The van der Waals surface area contributed by atoms with Gasteiger partial charge in [-0.1, -0.05) is 117 Å². The lowest BCUT2D eigenvalue weighted by Gasteiger charge is -2.26. The fourth-order valence-corrected chi connectivity index (χ4v) is 8.25. The number of fused-ring (bicyclic) bond motifs is 6. The van der Waals surface area contributed by atoms with Crippen molar-refractivity contribution in [3.8, 4) is 22.3 Å². The molecule has 3 heterocycles. The lowest BCUT2D eigenvalue weighted by molar-refractivity contribution is 0.590. The minimum Gasteiger partial charge on any atom is -0.321 e. The van der Waals surface area contributed by atoms with E-state index in [2.05, 4.69) is 187 Å². The van der Waals surface area contributed by atoms with E-state index in [0.717, 1.165) is 23.9 Å². The Hall–Kier alpha value is -5.78. The highest BCUT2D eigenvalue weighted by Gasteiger charge is 2.29. The highest BCUT2D eigenvalue weighted by molar-refractivity contribution is 7.99. The molecule has 0 saturated carbocycles. The number of hydrogen-bond acceptors (Lipinski definition) is 5. The summed E-state index contributed by atoms with van der Waals surface area (Å²) < 4.78 is 0. The molecule has 0 amide bonds. The molecule has 0 radical (unpaired) electrons. The number of pyridine rings is 1. The molecule has 4 nitrogen and oxygen atoms in total. The summed E-state index contributed by atoms with van der Waals surface area (Å²) in [6.07, 6.45) is 1.87. The van der Waals surface area contributed by atoms with Crippen LogP contribution in [0, 0.1) is 0 Å². The maximum atomic E-state index is 4.84. The van der Waals surface area contributed by atoms with Crippen LogP contribution in [0.4, 0.5) is 39.9 Å². The van der Waals surface area contributed by atoms with E-state index in [1.165, 1.54) is 60.4 Å². The van der Waals surface area contributed by atoms with Crippen LogP contribution in [0.1, 0.15) is 26.3 Å². The number of benzene rings is 6. The first-order valence-corrected chi connectivity index (χ1v) is 18.3. The number of anilines is 7. The van der Waals surface area contributed by atoms with Crippen LogP contribution >= 0.6 is 11.8 Å². The molecule has 6 aromatic carbocycles. The van der Waals surface area contributed by atoms with E-state index in [-0.39, 0.29) is 5.41 Å². The Morgan fingerprint density at radius 3 is 1.78 bits per heavy atom. The number of aromatic nitrogens is 1. The highest BCUT2D eigenvalue weighted by Crippen LogP contribution is 2.51. The number of para-hydroxylation sites is 3. The highest BCUT2D eigenvalue weighted by atomic mass is 32.2. The minimum atomic E-state index is 0.120. The SMILES string of the molecule is CC(C)(C)c1ccc(N2CN(c3cccc(Sc4ccc5c(c4)N(c4ccccn4)c4ccccc4-c4ccccc4-5)c3)c3ccccc32)cc1. The van der Waals surface area contributed by atoms with Gasteiger partial charge in [0, 0.05) is 38.5 Å². The lowest BCUT2D eigenvalue weighted by Crippen LogP contribution is -2.24. The average molecular weight is 679 g/mol. The molecule has 2 aliphatic heterocycles. The molecule has 0 unspecified atom stereocenters. The van der Waals surface area contributed by atoms with Gasteiger partial charge in [-0.05, 0) is 94.9 Å². The molecule has 51 heavy (non-hydrogen) atoms. The Morgan fingerprint density at radius 1 is 0.490 bits per heavy atom. The second-order valence-electron chi connectivity index (χ2n) is 14.1. The molecule has 2 aliphatic rings. The van der Waals surface area contributed by atoms with Crippen LogP contribution in [-0.2, 0) is 5.41 Å². The van der Waals surface area contributed by atoms with Crippen LogP contribution in [0.15, 0.2) is 174 Å². The molecule has 5 heteroatoms. The third-order valence-electron chi connectivity index (χ3n) is 9.90. The van der Waals surface area contributed by atoms with Crippen molar-refractivity contribution >= 4 is 51.7 Å². The molecule has 1 aromatic heterocycles. The normalized spacial score (nSPS) is 13.3. The zero-order valence-electron chi connectivity index (χ0n) is 29.0. The van der Waals surface area contributed by atoms with Gasteiger partial charge in [-0.25, -0.2) is 4.98 Å². The van der Waals surface area contributed by atoms with Gasteiger partial charge in [0.1, 0.15) is 12.5 Å². The van der Waals surface area contributed by atoms with Gasteiger partial charge in [-0.3, -0.25) is 4.90 Å². The van der Waals surface area contributed by atoms with E-state index in [1.54, 1.807) is 11.8 Å². The number of hydrogen-bond donors (Lipinski definition) is 0. The van der Waals surface area contributed by atoms with E-state index in [9.17, 15) is 0 Å². The largest absolute Gasteiger partial charge is 0.321 e. The van der Waals surface area contributed by atoms with Crippen molar-refractivity contribution in [2.75, 3.05) is 21.4 Å². The third-order valence-corrected chi connectivity index (χ3v) is 10.9. The minimum absolute atomic E-state index is 0.120. The van der Waals surface area contributed by atoms with Crippen molar-refractivity contribution in [2.45, 2.75) is 36.0 Å². The average Bonchev–Trinajstić information content (AvgIpc) is 3.50. The zero-order chi connectivity index (χ0) is 34.5. The van der Waals surface area contributed by atoms with Gasteiger partial charge in [0.15, 0.2) is 0 Å². The molecule has 0 aliphatic carbocycles. The molecule has 9 rings (SSSR count). The second kappa shape index (κ2) is 12.5. The molecule has 0 spiro atoms. The monoisotopic (exact) mass is 678 g/mol. The summed E-state index contributed by atoms with van der Waals surface area (Å²) >= 11 is 1.79. The van der Waals surface area contributed by atoms with Crippen molar-refractivity contribution in [1.82, 2.24) is 4.98 Å². The van der Waals surface area contributed by atoms with Gasteiger partial charge in [0.2, 0.25) is 0 Å². The summed E-state index contributed by atoms with van der Waals surface area (Å²) in [4.78, 5) is 14.4. The summed E-state index contributed by atoms with van der Waals surface area (Å²) in [5, 5.41) is 0. The molecule has 0 saturated heterocycles. The fourth-order valence-electron chi connectivity index (χ4n) is 7.35. The second-order valence-corrected chi connectivity index (χ2v) is 15.3. The number of nitrogens with zero attached hydrogens (tertiary/aromatic N) is 4. The Labute approximate surface area is 304 Å². The van der Waals surface area contributed by atoms with Crippen molar-refractivity contribution in [1.29, 1.82) is 0 Å². The predicted molar refractivity (Wildman–Crippen MR) is 215 cm³/mol. The quantitative estimate of drug-likeness (QED) is 0.180. The van der Waals surface area contributed by atoms with Crippen molar-refractivity contribution in [3.05, 3.63) is 169 Å². The first kappa shape index (κ1) is 31.2. The molecule has 0 bridgehead atoms. The van der Waals surface area contributed by atoms with Crippen molar-refractivity contribution in [3.63, 3.8) is 0 Å². The number of rotatable bonds is 5. The van der Waals surface area contributed by atoms with Crippen LogP contribution in [0.5, 0.6) is 0 Å². The molecule has 248 valence electrons. The molecular weight excluding hydrogens is 641 g/mol. The summed E-state index contributed by atoms with van der Waals surface area (Å²) in [5.41, 5.74) is 13.4. The van der Waals surface area contributed by atoms with Gasteiger partial charge >= 0.3 is 0 Å². The zero-order valence-corrected chi connectivity index (χ0v) is 29.8. The van der Waals surface area contributed by atoms with E-state index >= 15 is 0 Å². The van der Waals surface area contributed by atoms with E-state index < -0.39 is 0 Å². The molecule has 0 fully saturated rings. The first-order valence-electron chi connectivity index (χ1n) is 17.5. The first-order chi connectivity index (χ1) is 24.9. The van der Waals surface area contributed by atoms with Crippen LogP contribution in [0.25, 0.3) is 22.3 Å². The third kappa shape index (κ3) is 5.64. The molecule has 0 N–H and O–H groups in total. The van der Waals surface area contributed by atoms with E-state index in [1.807, 2.05) is 12.3 Å². The van der Waals surface area contributed by atoms with Crippen LogP contribution in [-0.4, -0.2) is 11.7 Å². The van der Waals surface area contributed by atoms with Gasteiger partial charge in [0.25, 0.3) is 0 Å². The summed E-state index contributed by atoms with van der Waals surface area (Å²) in [6.45, 7) is 7.54. The van der Waals surface area contributed by atoms with Gasteiger partial charge in [0.05, 0.1) is 22.7 Å². The molecule has 0 atom stereocenters. The summed E-state index contributed by atoms with van der Waals surface area (Å²) in [5.74, 6) is 0.897. The predicted octanol–water partition coefficient (Wildman–Crippen LogP) is 12.9. The van der Waals surface area contributed by atoms with Crippen LogP contribution in [0.2, 0.25) is 0 Å². The Balaban J connectivity index is 1.08.